The summed E-state index contributed by atoms with van der Waals surface area (Å²) in [5.41, 5.74) is -2.02. The molecule has 2 aliphatic carbocycles. The van der Waals surface area contributed by atoms with E-state index in [1.165, 1.54) is 0 Å². The van der Waals surface area contributed by atoms with Crippen molar-refractivity contribution in [1.82, 2.24) is 5.32 Å². The van der Waals surface area contributed by atoms with Crippen molar-refractivity contribution in [3.63, 3.8) is 0 Å². The second-order valence-corrected chi connectivity index (χ2v) is 15.0. The number of ether oxygens (including phenoxy) is 6. The maximum Gasteiger partial charge on any atom is 0.338 e. The van der Waals surface area contributed by atoms with Gasteiger partial charge in [0.25, 0.3) is 0 Å². The Morgan fingerprint density at radius 3 is 2.28 bits per heavy atom. The zero-order valence-electron chi connectivity index (χ0n) is 29.6. The fraction of sp³-hybridized carbons (Fsp3) is 0.743. The molecule has 1 aromatic rings. The zero-order valence-corrected chi connectivity index (χ0v) is 29.6. The summed E-state index contributed by atoms with van der Waals surface area (Å²) < 4.78 is 35.0. The molecule has 2 saturated carbocycles. The average Bonchev–Trinajstić information content (AvgIpc) is 3.35. The van der Waals surface area contributed by atoms with Crippen molar-refractivity contribution >= 4 is 17.8 Å². The Labute approximate surface area is 309 Å². The largest absolute Gasteiger partial charge is 0.459 e. The van der Waals surface area contributed by atoms with Crippen molar-refractivity contribution < 1.29 is 88.8 Å². The van der Waals surface area contributed by atoms with Gasteiger partial charge in [0.15, 0.2) is 6.29 Å². The molecule has 0 radical (unpaired) electrons. The second kappa shape index (κ2) is 15.9. The summed E-state index contributed by atoms with van der Waals surface area (Å²) in [6.45, 7) is 2.06. The van der Waals surface area contributed by atoms with Gasteiger partial charge in [0.05, 0.1) is 43.0 Å². The van der Waals surface area contributed by atoms with Crippen LogP contribution >= 0.6 is 0 Å². The van der Waals surface area contributed by atoms with Crippen molar-refractivity contribution in [2.45, 2.75) is 136 Å². The first-order valence-electron chi connectivity index (χ1n) is 18.0. The van der Waals surface area contributed by atoms with Crippen LogP contribution in [0, 0.1) is 11.8 Å². The van der Waals surface area contributed by atoms with Gasteiger partial charge in [-0.25, -0.2) is 4.79 Å². The van der Waals surface area contributed by atoms with E-state index < -0.39 is 140 Å². The predicted octanol–water partition coefficient (Wildman–Crippen LogP) is -4.05. The molecule has 0 unspecified atom stereocenters. The SMILES string of the molecule is CC(=O)N[C@@H]1[C@@H](O[C@@H]2[C@@H](O)[C@H](O)[C@@H](O)C[C@H]2OC(=O)[C@H]2C[C@H](O)[C@@]3(O)[C@@H](C2)O[C@@]2(C[C@@H](OC(=O)c4ccccc4)[C@@H](C)CO2)[C@@H]3O)O[C@H](CO)[C@@H](O)[C@@H]1O. The summed E-state index contributed by atoms with van der Waals surface area (Å²) in [7, 11) is 0. The van der Waals surface area contributed by atoms with Gasteiger partial charge in [-0.05, 0) is 25.0 Å². The fourth-order valence-electron chi connectivity index (χ4n) is 8.12. The number of carbonyl (C=O) groups excluding carboxylic acids is 3. The van der Waals surface area contributed by atoms with E-state index in [1.807, 2.05) is 0 Å². The topological polar surface area (TPSA) is 301 Å². The predicted molar refractivity (Wildman–Crippen MR) is 175 cm³/mol. The minimum atomic E-state index is -2.32. The summed E-state index contributed by atoms with van der Waals surface area (Å²) in [6, 6.07) is 6.79. The molecular weight excluding hydrogens is 722 g/mol. The fourth-order valence-corrected chi connectivity index (χ4v) is 8.12. The molecule has 1 amide bonds. The number of rotatable bonds is 8. The van der Waals surface area contributed by atoms with E-state index >= 15 is 0 Å². The number of nitrogens with one attached hydrogen (secondary N) is 1. The van der Waals surface area contributed by atoms with Crippen LogP contribution in [0.2, 0.25) is 0 Å². The molecule has 19 heteroatoms. The van der Waals surface area contributed by atoms with Gasteiger partial charge in [0.1, 0.15) is 66.6 Å². The summed E-state index contributed by atoms with van der Waals surface area (Å²) in [5, 5.41) is 99.6. The van der Waals surface area contributed by atoms with Gasteiger partial charge in [-0.1, -0.05) is 25.1 Å². The molecule has 18 atom stereocenters. The molecule has 5 fully saturated rings. The standard InChI is InChI=1S/C35H49NO18/c1-14-13-49-34(11-20(14)51-30(45)16-6-4-3-5-7-16)33(47)35(48)22(40)8-17(9-23(35)54-34)31(46)50-19-10-18(39)25(41)28(44)29(19)53-32-24(36-15(2)38)27(43)26(42)21(12-37)52-32/h3-7,14,17-29,32-33,37,39-44,47-48H,8-13H2,1-2H3,(H,36,38)/t14-,17-,18-,19+,20+,21+,22-,23+,24-,25+,26+,27+,28-,29-,32+,33-,34-,35+/m0/s1. The third-order valence-electron chi connectivity index (χ3n) is 11.3. The van der Waals surface area contributed by atoms with Crippen molar-refractivity contribution in [3.05, 3.63) is 35.9 Å². The van der Waals surface area contributed by atoms with E-state index in [4.69, 9.17) is 28.4 Å². The Kier molecular flexibility index (Phi) is 12.0. The molecule has 3 heterocycles. The van der Waals surface area contributed by atoms with Crippen molar-refractivity contribution in [3.8, 4) is 0 Å². The van der Waals surface area contributed by atoms with E-state index in [9.17, 15) is 60.3 Å². The highest BCUT2D eigenvalue weighted by atomic mass is 16.7. The minimum absolute atomic E-state index is 0.0454. The third-order valence-corrected chi connectivity index (χ3v) is 11.3. The maximum absolute atomic E-state index is 13.7. The summed E-state index contributed by atoms with van der Waals surface area (Å²) in [5.74, 6) is -5.74. The highest BCUT2D eigenvalue weighted by Crippen LogP contribution is 2.52. The first kappa shape index (κ1) is 40.8. The quantitative estimate of drug-likeness (QED) is 0.113. The van der Waals surface area contributed by atoms with Crippen LogP contribution in [0.5, 0.6) is 0 Å². The summed E-state index contributed by atoms with van der Waals surface area (Å²) in [6.07, 6.45) is -22.2. The number of benzene rings is 1. The van der Waals surface area contributed by atoms with Gasteiger partial charge in [0, 0.05) is 25.7 Å². The van der Waals surface area contributed by atoms with Crippen LogP contribution in [-0.4, -0.2) is 174 Å². The van der Waals surface area contributed by atoms with Crippen LogP contribution in [0.4, 0.5) is 0 Å². The van der Waals surface area contributed by atoms with E-state index in [-0.39, 0.29) is 25.4 Å². The molecule has 6 rings (SSSR count). The molecule has 3 saturated heterocycles. The number of amides is 1. The molecule has 5 aliphatic rings. The maximum atomic E-state index is 13.7. The second-order valence-electron chi connectivity index (χ2n) is 15.0. The minimum Gasteiger partial charge on any atom is -0.459 e. The molecule has 54 heavy (non-hydrogen) atoms. The van der Waals surface area contributed by atoms with Crippen molar-refractivity contribution in [2.24, 2.45) is 11.8 Å². The lowest BCUT2D eigenvalue weighted by Gasteiger charge is -2.47. The first-order chi connectivity index (χ1) is 25.5. The molecule has 1 aromatic carbocycles. The van der Waals surface area contributed by atoms with Gasteiger partial charge in [-0.15, -0.1) is 0 Å². The van der Waals surface area contributed by atoms with E-state index in [2.05, 4.69) is 5.32 Å². The van der Waals surface area contributed by atoms with Gasteiger partial charge in [-0.2, -0.15) is 0 Å². The van der Waals surface area contributed by atoms with Gasteiger partial charge >= 0.3 is 11.9 Å². The van der Waals surface area contributed by atoms with Gasteiger partial charge in [0.2, 0.25) is 11.7 Å². The molecule has 3 aliphatic heterocycles. The normalized spacial score (nSPS) is 46.4. The first-order valence-corrected chi connectivity index (χ1v) is 18.0. The van der Waals surface area contributed by atoms with E-state index in [0.29, 0.717) is 5.56 Å². The molecule has 0 bridgehead atoms. The number of carbonyl (C=O) groups is 3. The molecule has 302 valence electrons. The van der Waals surface area contributed by atoms with Gasteiger partial charge in [-0.3, -0.25) is 9.59 Å². The monoisotopic (exact) mass is 771 g/mol. The zero-order chi connectivity index (χ0) is 39.3. The molecule has 19 nitrogen and oxygen atoms in total. The van der Waals surface area contributed by atoms with E-state index in [1.54, 1.807) is 37.3 Å². The number of esters is 2. The van der Waals surface area contributed by atoms with Crippen LogP contribution in [0.1, 0.15) is 49.9 Å². The third kappa shape index (κ3) is 7.50. The van der Waals surface area contributed by atoms with Crippen LogP contribution in [0.15, 0.2) is 30.3 Å². The Morgan fingerprint density at radius 1 is 0.907 bits per heavy atom. The van der Waals surface area contributed by atoms with Crippen LogP contribution in [0.25, 0.3) is 0 Å². The number of fused-ring (bicyclic) bond motifs is 1. The number of aliphatic hydroxyl groups is 9. The average molecular weight is 772 g/mol. The van der Waals surface area contributed by atoms with Crippen LogP contribution < -0.4 is 5.32 Å². The lowest BCUT2D eigenvalue weighted by atomic mass is 9.71. The van der Waals surface area contributed by atoms with Crippen LogP contribution in [-0.2, 0) is 38.0 Å². The number of aliphatic hydroxyl groups excluding tert-OH is 8. The Hall–Kier alpha value is -2.89. The van der Waals surface area contributed by atoms with Crippen molar-refractivity contribution in [2.75, 3.05) is 13.2 Å². The number of hydrogen-bond acceptors (Lipinski definition) is 18. The highest BCUT2D eigenvalue weighted by molar-refractivity contribution is 5.89. The summed E-state index contributed by atoms with van der Waals surface area (Å²) in [4.78, 5) is 38.5. The number of hydrogen-bond donors (Lipinski definition) is 10. The lowest BCUT2D eigenvalue weighted by molar-refractivity contribution is -0.311. The Bertz CT molecular complexity index is 1500. The van der Waals surface area contributed by atoms with E-state index in [0.717, 1.165) is 6.92 Å². The van der Waals surface area contributed by atoms with Crippen molar-refractivity contribution in [1.29, 1.82) is 0 Å². The Morgan fingerprint density at radius 2 is 1.61 bits per heavy atom. The summed E-state index contributed by atoms with van der Waals surface area (Å²) >= 11 is 0. The Balaban J connectivity index is 1.17. The van der Waals surface area contributed by atoms with Gasteiger partial charge < -0.3 is 79.7 Å². The molecular formula is C35H49NO18. The van der Waals surface area contributed by atoms with Crippen LogP contribution in [0.3, 0.4) is 0 Å². The molecule has 10 N–H and O–H groups in total. The highest BCUT2D eigenvalue weighted by Gasteiger charge is 2.70. The molecule has 1 spiro atoms. The lowest BCUT2D eigenvalue weighted by Crippen LogP contribution is -2.67. The smallest absolute Gasteiger partial charge is 0.338 e. The molecule has 0 aromatic heterocycles.